The van der Waals surface area contributed by atoms with Gasteiger partial charge in [0.15, 0.2) is 22.1 Å². The van der Waals surface area contributed by atoms with E-state index in [1.165, 1.54) is 25.2 Å². The topological polar surface area (TPSA) is 119 Å². The van der Waals surface area contributed by atoms with Gasteiger partial charge in [0.2, 0.25) is 5.76 Å². The highest BCUT2D eigenvalue weighted by atomic mass is 79.9. The van der Waals surface area contributed by atoms with Crippen molar-refractivity contribution in [2.45, 2.75) is 13.0 Å². The summed E-state index contributed by atoms with van der Waals surface area (Å²) in [5.41, 5.74) is 0.884. The van der Waals surface area contributed by atoms with E-state index in [0.29, 0.717) is 21.1 Å². The average molecular weight is 557 g/mol. The monoisotopic (exact) mass is 556 g/mol. The molecule has 1 N–H and O–H groups in total. The van der Waals surface area contributed by atoms with Crippen molar-refractivity contribution in [3.05, 3.63) is 78.6 Å². The van der Waals surface area contributed by atoms with Crippen LogP contribution in [0.15, 0.2) is 50.1 Å². The summed E-state index contributed by atoms with van der Waals surface area (Å²) < 4.78 is 16.7. The lowest BCUT2D eigenvalue weighted by molar-refractivity contribution is 0.0605. The number of fused-ring (bicyclic) bond motifs is 2. The number of thiazole rings is 1. The van der Waals surface area contributed by atoms with Gasteiger partial charge in [-0.1, -0.05) is 33.3 Å². The summed E-state index contributed by atoms with van der Waals surface area (Å²) in [7, 11) is 2.66. The lowest BCUT2D eigenvalue weighted by atomic mass is 9.98. The van der Waals surface area contributed by atoms with Gasteiger partial charge in [-0.25, -0.2) is 9.78 Å². The van der Waals surface area contributed by atoms with Crippen LogP contribution in [0.1, 0.15) is 43.1 Å². The minimum Gasteiger partial charge on any atom is -0.504 e. The number of aromatic nitrogens is 1. The highest BCUT2D eigenvalue weighted by Gasteiger charge is 2.45. The number of rotatable bonds is 4. The molecule has 9 nitrogen and oxygen atoms in total. The summed E-state index contributed by atoms with van der Waals surface area (Å²) in [4.78, 5) is 45.6. The van der Waals surface area contributed by atoms with Gasteiger partial charge < -0.3 is 19.0 Å². The van der Waals surface area contributed by atoms with Crippen LogP contribution in [0.3, 0.4) is 0 Å². The molecule has 1 aliphatic rings. The molecule has 0 radical (unpaired) electrons. The number of ether oxygens (including phenoxy) is 2. The van der Waals surface area contributed by atoms with Gasteiger partial charge in [-0.05, 0) is 42.8 Å². The van der Waals surface area contributed by atoms with Gasteiger partial charge in [-0.3, -0.25) is 14.5 Å². The Labute approximate surface area is 210 Å². The molecular formula is C24H17BrN2O7S. The van der Waals surface area contributed by atoms with Crippen LogP contribution in [0, 0.1) is 6.92 Å². The van der Waals surface area contributed by atoms with Gasteiger partial charge in [-0.2, -0.15) is 0 Å². The molecule has 0 saturated carbocycles. The van der Waals surface area contributed by atoms with Crippen LogP contribution in [0.25, 0.3) is 11.0 Å². The first-order valence-corrected chi connectivity index (χ1v) is 11.9. The molecule has 1 atom stereocenters. The molecule has 1 amide bonds. The third kappa shape index (κ3) is 3.58. The van der Waals surface area contributed by atoms with Crippen LogP contribution in [-0.4, -0.2) is 36.2 Å². The molecule has 2 aromatic heterocycles. The fourth-order valence-corrected chi connectivity index (χ4v) is 5.46. The van der Waals surface area contributed by atoms with E-state index < -0.39 is 17.9 Å². The van der Waals surface area contributed by atoms with E-state index in [4.69, 9.17) is 13.9 Å². The second-order valence-electron chi connectivity index (χ2n) is 7.73. The number of benzene rings is 2. The van der Waals surface area contributed by atoms with Gasteiger partial charge in [0, 0.05) is 4.47 Å². The molecule has 0 spiro atoms. The lowest BCUT2D eigenvalue weighted by Gasteiger charge is -2.23. The minimum atomic E-state index is -0.942. The number of phenols is 1. The molecule has 0 saturated heterocycles. The van der Waals surface area contributed by atoms with E-state index in [9.17, 15) is 19.5 Å². The number of halogens is 1. The van der Waals surface area contributed by atoms with E-state index in [1.54, 1.807) is 37.3 Å². The molecule has 0 bridgehead atoms. The summed E-state index contributed by atoms with van der Waals surface area (Å²) in [5, 5.41) is 10.6. The first kappa shape index (κ1) is 23.1. The number of hydrogen-bond donors (Lipinski definition) is 1. The smallest absolute Gasteiger partial charge is 0.350 e. The summed E-state index contributed by atoms with van der Waals surface area (Å²) in [6.45, 7) is 1.63. The molecule has 0 aliphatic carbocycles. The Bertz CT molecular complexity index is 1590. The molecule has 4 aromatic rings. The quantitative estimate of drug-likeness (QED) is 0.363. The maximum absolute atomic E-state index is 13.7. The van der Waals surface area contributed by atoms with Crippen molar-refractivity contribution in [2.75, 3.05) is 19.1 Å². The summed E-state index contributed by atoms with van der Waals surface area (Å²) in [6, 6.07) is 8.56. The number of anilines is 1. The Kier molecular flexibility index (Phi) is 5.60. The SMILES string of the molecule is COC(=O)c1sc(N2C(=O)c3oc4ccc(Br)cc4c(=O)c3C2c2ccc(O)c(OC)c2)nc1C. The van der Waals surface area contributed by atoms with Crippen LogP contribution < -0.4 is 15.1 Å². The van der Waals surface area contributed by atoms with Crippen molar-refractivity contribution in [3.63, 3.8) is 0 Å². The Hall–Kier alpha value is -3.70. The van der Waals surface area contributed by atoms with Gasteiger partial charge in [-0.15, -0.1) is 0 Å². The number of amides is 1. The van der Waals surface area contributed by atoms with Crippen molar-refractivity contribution < 1.29 is 28.6 Å². The molecule has 5 rings (SSSR count). The molecule has 2 aromatic carbocycles. The molecule has 35 heavy (non-hydrogen) atoms. The molecule has 0 fully saturated rings. The average Bonchev–Trinajstić information content (AvgIpc) is 3.37. The van der Waals surface area contributed by atoms with E-state index in [0.717, 1.165) is 11.3 Å². The first-order valence-electron chi connectivity index (χ1n) is 10.3. The number of methoxy groups -OCH3 is 2. The van der Waals surface area contributed by atoms with E-state index in [-0.39, 0.29) is 43.8 Å². The number of esters is 1. The fourth-order valence-electron chi connectivity index (χ4n) is 4.09. The Balaban J connectivity index is 1.80. The zero-order valence-corrected chi connectivity index (χ0v) is 21.0. The maximum atomic E-state index is 13.7. The Morgan fingerprint density at radius 3 is 2.69 bits per heavy atom. The Morgan fingerprint density at radius 2 is 1.97 bits per heavy atom. The van der Waals surface area contributed by atoms with Crippen LogP contribution >= 0.6 is 27.3 Å². The second-order valence-corrected chi connectivity index (χ2v) is 9.62. The third-order valence-corrected chi connectivity index (χ3v) is 7.34. The van der Waals surface area contributed by atoms with Crippen molar-refractivity contribution in [3.8, 4) is 11.5 Å². The number of phenolic OH excluding ortho intramolecular Hbond substituents is 1. The van der Waals surface area contributed by atoms with Crippen LogP contribution in [0.2, 0.25) is 0 Å². The largest absolute Gasteiger partial charge is 0.504 e. The third-order valence-electron chi connectivity index (χ3n) is 5.71. The molecule has 1 unspecified atom stereocenters. The minimum absolute atomic E-state index is 0.0973. The van der Waals surface area contributed by atoms with Gasteiger partial charge in [0.1, 0.15) is 10.5 Å². The normalized spacial score (nSPS) is 14.9. The molecule has 1 aliphatic heterocycles. The second kappa shape index (κ2) is 8.51. The van der Waals surface area contributed by atoms with Gasteiger partial charge >= 0.3 is 5.97 Å². The predicted octanol–water partition coefficient (Wildman–Crippen LogP) is 4.57. The van der Waals surface area contributed by atoms with Crippen molar-refractivity contribution in [2.24, 2.45) is 0 Å². The van der Waals surface area contributed by atoms with Crippen molar-refractivity contribution in [1.82, 2.24) is 4.98 Å². The summed E-state index contributed by atoms with van der Waals surface area (Å²) in [6.07, 6.45) is 0. The standard InChI is InChI=1S/C24H17BrN2O7S/c1-10-21(23(31)33-3)35-24(26-10)27-18(11-4-6-14(28)16(8-11)32-2)17-19(29)13-9-12(25)5-7-15(13)34-20(17)22(27)30/h4-9,18,28H,1-3H3. The summed E-state index contributed by atoms with van der Waals surface area (Å²) >= 11 is 4.35. The molecule has 11 heteroatoms. The number of aryl methyl sites for hydroxylation is 1. The van der Waals surface area contributed by atoms with Crippen LogP contribution in [0.5, 0.6) is 11.5 Å². The van der Waals surface area contributed by atoms with Gasteiger partial charge in [0.05, 0.1) is 36.9 Å². The Morgan fingerprint density at radius 1 is 1.20 bits per heavy atom. The number of carbonyl (C=O) groups is 2. The summed E-state index contributed by atoms with van der Waals surface area (Å²) in [5.74, 6) is -1.21. The van der Waals surface area contributed by atoms with Crippen molar-refractivity contribution in [1.29, 1.82) is 0 Å². The lowest BCUT2D eigenvalue weighted by Crippen LogP contribution is -2.29. The molecule has 3 heterocycles. The van der Waals surface area contributed by atoms with Crippen molar-refractivity contribution >= 4 is 55.2 Å². The van der Waals surface area contributed by atoms with E-state index in [2.05, 4.69) is 20.9 Å². The fraction of sp³-hybridized carbons (Fsp3) is 0.167. The highest BCUT2D eigenvalue weighted by molar-refractivity contribution is 9.10. The highest BCUT2D eigenvalue weighted by Crippen LogP contribution is 2.44. The van der Waals surface area contributed by atoms with Gasteiger partial charge in [0.25, 0.3) is 5.91 Å². The number of aromatic hydroxyl groups is 1. The van der Waals surface area contributed by atoms with Crippen LogP contribution in [0.4, 0.5) is 5.13 Å². The predicted molar refractivity (Wildman–Crippen MR) is 132 cm³/mol. The number of hydrogen-bond acceptors (Lipinski definition) is 9. The maximum Gasteiger partial charge on any atom is 0.350 e. The number of carbonyl (C=O) groups excluding carboxylic acids is 2. The first-order chi connectivity index (χ1) is 16.7. The number of nitrogens with zero attached hydrogens (tertiary/aromatic N) is 2. The van der Waals surface area contributed by atoms with E-state index >= 15 is 0 Å². The zero-order chi connectivity index (χ0) is 25.0. The van der Waals surface area contributed by atoms with E-state index in [1.807, 2.05) is 0 Å². The zero-order valence-electron chi connectivity index (χ0n) is 18.6. The molecular weight excluding hydrogens is 540 g/mol. The molecule has 178 valence electrons. The van der Waals surface area contributed by atoms with Crippen LogP contribution in [-0.2, 0) is 4.74 Å².